The van der Waals surface area contributed by atoms with Crippen LogP contribution in [0.25, 0.3) is 12.2 Å². The Bertz CT molecular complexity index is 940. The van der Waals surface area contributed by atoms with Gasteiger partial charge in [0.25, 0.3) is 0 Å². The largest absolute Gasteiger partial charge is 0.289 e. The summed E-state index contributed by atoms with van der Waals surface area (Å²) in [5, 5.41) is 0. The zero-order chi connectivity index (χ0) is 18.5. The fourth-order valence-electron chi connectivity index (χ4n) is 2.05. The fourth-order valence-corrected chi connectivity index (χ4v) is 4.71. The maximum atomic E-state index is 12.3. The molecule has 0 radical (unpaired) electrons. The van der Waals surface area contributed by atoms with E-state index in [-0.39, 0.29) is 11.6 Å². The summed E-state index contributed by atoms with van der Waals surface area (Å²) in [5.74, 6) is -0.384. The number of allylic oxidation sites excluding steroid dienone is 2. The Kier molecular flexibility index (Phi) is 6.48. The number of ketones is 2. The van der Waals surface area contributed by atoms with E-state index in [4.69, 9.17) is 0 Å². The molecule has 130 valence electrons. The molecule has 0 atom stereocenters. The summed E-state index contributed by atoms with van der Waals surface area (Å²) in [6, 6.07) is 9.26. The number of aromatic nitrogens is 1. The molecule has 0 aliphatic heterocycles. The lowest BCUT2D eigenvalue weighted by Gasteiger charge is -1.99. The lowest BCUT2D eigenvalue weighted by Crippen LogP contribution is -2.01. The third-order valence-corrected chi connectivity index (χ3v) is 6.47. The van der Waals surface area contributed by atoms with Crippen molar-refractivity contribution >= 4 is 78.3 Å². The van der Waals surface area contributed by atoms with Gasteiger partial charge in [0.1, 0.15) is 0 Å². The molecule has 0 amide bonds. The van der Waals surface area contributed by atoms with E-state index in [9.17, 15) is 9.59 Å². The third kappa shape index (κ3) is 5.17. The molecular formula is C19H11Br2NO2S2. The van der Waals surface area contributed by atoms with Gasteiger partial charge in [0.2, 0.25) is 0 Å². The minimum atomic E-state index is -0.192. The predicted molar refractivity (Wildman–Crippen MR) is 115 cm³/mol. The minimum absolute atomic E-state index is 0.192. The van der Waals surface area contributed by atoms with E-state index >= 15 is 0 Å². The lowest BCUT2D eigenvalue weighted by atomic mass is 10.1. The van der Waals surface area contributed by atoms with Crippen molar-refractivity contribution in [2.75, 3.05) is 0 Å². The van der Waals surface area contributed by atoms with Gasteiger partial charge in [-0.25, -0.2) is 0 Å². The molecule has 26 heavy (non-hydrogen) atoms. The van der Waals surface area contributed by atoms with Crippen LogP contribution in [0, 0.1) is 0 Å². The van der Waals surface area contributed by atoms with Gasteiger partial charge < -0.3 is 0 Å². The number of thiophene rings is 2. The van der Waals surface area contributed by atoms with Crippen LogP contribution in [0.1, 0.15) is 30.5 Å². The van der Waals surface area contributed by atoms with Gasteiger partial charge in [0.15, 0.2) is 11.6 Å². The van der Waals surface area contributed by atoms with Crippen LogP contribution in [-0.4, -0.2) is 16.6 Å². The summed E-state index contributed by atoms with van der Waals surface area (Å²) < 4.78 is 2.01. The average Bonchev–Trinajstić information content (AvgIpc) is 3.25. The predicted octanol–water partition coefficient (Wildman–Crippen LogP) is 6.52. The highest BCUT2D eigenvalue weighted by Crippen LogP contribution is 2.24. The Morgan fingerprint density at radius 2 is 1.27 bits per heavy atom. The van der Waals surface area contributed by atoms with Crippen molar-refractivity contribution in [2.45, 2.75) is 0 Å². The number of pyridine rings is 1. The summed E-state index contributed by atoms with van der Waals surface area (Å²) in [6.07, 6.45) is 9.41. The molecule has 0 N–H and O–H groups in total. The van der Waals surface area contributed by atoms with E-state index in [0.29, 0.717) is 11.1 Å². The van der Waals surface area contributed by atoms with Gasteiger partial charge in [-0.15, -0.1) is 22.7 Å². The Labute approximate surface area is 175 Å². The molecule has 3 aromatic heterocycles. The first-order chi connectivity index (χ1) is 12.5. The van der Waals surface area contributed by atoms with Gasteiger partial charge in [-0.2, -0.15) is 0 Å². The van der Waals surface area contributed by atoms with Crippen molar-refractivity contribution in [1.29, 1.82) is 0 Å². The molecule has 3 aromatic rings. The van der Waals surface area contributed by atoms with Crippen molar-refractivity contribution < 1.29 is 9.59 Å². The van der Waals surface area contributed by atoms with Crippen LogP contribution in [0.2, 0.25) is 0 Å². The molecular weight excluding hydrogens is 498 g/mol. The van der Waals surface area contributed by atoms with Gasteiger partial charge in [0.05, 0.1) is 7.57 Å². The van der Waals surface area contributed by atoms with Crippen LogP contribution in [0.4, 0.5) is 0 Å². The zero-order valence-corrected chi connectivity index (χ0v) is 18.0. The van der Waals surface area contributed by atoms with Crippen LogP contribution in [0.5, 0.6) is 0 Å². The number of rotatable bonds is 6. The summed E-state index contributed by atoms with van der Waals surface area (Å²) in [4.78, 5) is 30.6. The number of halogens is 2. The highest BCUT2D eigenvalue weighted by Gasteiger charge is 2.08. The lowest BCUT2D eigenvalue weighted by molar-refractivity contribution is 0.104. The number of nitrogens with zero attached hydrogens (tertiary/aromatic N) is 1. The maximum absolute atomic E-state index is 12.3. The Morgan fingerprint density at radius 3 is 1.65 bits per heavy atom. The van der Waals surface area contributed by atoms with Crippen molar-refractivity contribution in [3.63, 3.8) is 0 Å². The minimum Gasteiger partial charge on any atom is -0.289 e. The van der Waals surface area contributed by atoms with Gasteiger partial charge in [-0.05, 0) is 86.5 Å². The van der Waals surface area contributed by atoms with Gasteiger partial charge >= 0.3 is 0 Å². The van der Waals surface area contributed by atoms with E-state index in [1.165, 1.54) is 47.2 Å². The SMILES string of the molecule is O=C(/C=C\c1ccc(Br)s1)c1cncc(C(=O)/C=C\c2ccc(Br)s2)c1. The number of hydrogen-bond acceptors (Lipinski definition) is 5. The van der Waals surface area contributed by atoms with E-state index in [1.807, 2.05) is 24.3 Å². The average molecular weight is 509 g/mol. The second-order valence-electron chi connectivity index (χ2n) is 5.14. The van der Waals surface area contributed by atoms with E-state index in [1.54, 1.807) is 18.2 Å². The van der Waals surface area contributed by atoms with Crippen molar-refractivity contribution in [2.24, 2.45) is 0 Å². The van der Waals surface area contributed by atoms with E-state index < -0.39 is 0 Å². The van der Waals surface area contributed by atoms with Crippen molar-refractivity contribution in [3.05, 3.63) is 83.3 Å². The van der Waals surface area contributed by atoms with E-state index in [2.05, 4.69) is 36.8 Å². The Balaban J connectivity index is 1.72. The zero-order valence-electron chi connectivity index (χ0n) is 13.2. The second-order valence-corrected chi connectivity index (χ2v) is 10.1. The normalized spacial score (nSPS) is 11.5. The number of hydrogen-bond donors (Lipinski definition) is 0. The van der Waals surface area contributed by atoms with Crippen LogP contribution in [0.3, 0.4) is 0 Å². The molecule has 0 saturated heterocycles. The number of carbonyl (C=O) groups is 2. The third-order valence-electron chi connectivity index (χ3n) is 3.29. The monoisotopic (exact) mass is 507 g/mol. The molecule has 0 aromatic carbocycles. The Morgan fingerprint density at radius 1 is 0.808 bits per heavy atom. The summed E-state index contributed by atoms with van der Waals surface area (Å²) in [7, 11) is 0. The first-order valence-corrected chi connectivity index (χ1v) is 10.6. The summed E-state index contributed by atoms with van der Waals surface area (Å²) in [6.45, 7) is 0. The molecule has 0 spiro atoms. The molecule has 3 nitrogen and oxygen atoms in total. The van der Waals surface area contributed by atoms with Crippen LogP contribution in [-0.2, 0) is 0 Å². The first-order valence-electron chi connectivity index (χ1n) is 7.42. The molecule has 3 heterocycles. The van der Waals surface area contributed by atoms with Gasteiger partial charge in [-0.3, -0.25) is 14.6 Å². The van der Waals surface area contributed by atoms with Crippen LogP contribution < -0.4 is 0 Å². The summed E-state index contributed by atoms with van der Waals surface area (Å²) in [5.41, 5.74) is 0.768. The summed E-state index contributed by atoms with van der Waals surface area (Å²) >= 11 is 9.84. The molecule has 0 unspecified atom stereocenters. The van der Waals surface area contributed by atoms with Crippen molar-refractivity contribution in [1.82, 2.24) is 4.98 Å². The highest BCUT2D eigenvalue weighted by molar-refractivity contribution is 9.11. The smallest absolute Gasteiger partial charge is 0.187 e. The molecule has 0 saturated carbocycles. The topological polar surface area (TPSA) is 47.0 Å². The molecule has 3 rings (SSSR count). The molecule has 0 bridgehead atoms. The Hall–Kier alpha value is -1.67. The molecule has 0 aliphatic carbocycles. The quantitative estimate of drug-likeness (QED) is 0.281. The van der Waals surface area contributed by atoms with E-state index in [0.717, 1.165) is 17.3 Å². The standard InChI is InChI=1S/C19H11Br2NO2S2/c20-18-7-3-14(25-18)1-5-16(23)12-9-13(11-22-10-12)17(24)6-2-15-4-8-19(21)26-15/h1-11H/b5-1-,6-2-. The van der Waals surface area contributed by atoms with Crippen LogP contribution >= 0.6 is 54.5 Å². The highest BCUT2D eigenvalue weighted by atomic mass is 79.9. The molecule has 7 heteroatoms. The first kappa shape index (κ1) is 19.1. The van der Waals surface area contributed by atoms with Crippen LogP contribution in [0.15, 0.2) is 62.5 Å². The molecule has 0 aliphatic rings. The maximum Gasteiger partial charge on any atom is 0.187 e. The van der Waals surface area contributed by atoms with Gasteiger partial charge in [-0.1, -0.05) is 0 Å². The fraction of sp³-hybridized carbons (Fsp3) is 0. The second kappa shape index (κ2) is 8.81. The van der Waals surface area contributed by atoms with Crippen molar-refractivity contribution in [3.8, 4) is 0 Å². The van der Waals surface area contributed by atoms with Gasteiger partial charge in [0, 0.05) is 33.3 Å². The molecule has 0 fully saturated rings. The number of carbonyl (C=O) groups excluding carboxylic acids is 2.